The molecule has 4 heterocycles. The smallest absolute Gasteiger partial charge is 0.248 e. The van der Waals surface area contributed by atoms with Gasteiger partial charge in [-0.15, -0.1) is 0 Å². The Balaban J connectivity index is 1.23. The number of anilines is 3. The van der Waals surface area contributed by atoms with E-state index in [0.29, 0.717) is 24.5 Å². The molecule has 0 radical (unpaired) electrons. The van der Waals surface area contributed by atoms with E-state index in [-0.39, 0.29) is 12.5 Å². The molecule has 1 amide bonds. The van der Waals surface area contributed by atoms with E-state index in [1.165, 1.54) is 18.4 Å². The number of likely N-dealkylation sites (tertiary alicyclic amines) is 1. The number of hydrogen-bond acceptors (Lipinski definition) is 8. The molecule has 0 spiro atoms. The molecule has 2 aliphatic heterocycles. The molecule has 1 aliphatic carbocycles. The number of nitrogens with one attached hydrogen (secondary N) is 2. The first kappa shape index (κ1) is 25.0. The molecule has 2 aromatic rings. The highest BCUT2D eigenvalue weighted by Crippen LogP contribution is 2.43. The van der Waals surface area contributed by atoms with Crippen molar-refractivity contribution in [2.45, 2.75) is 63.8 Å². The van der Waals surface area contributed by atoms with Gasteiger partial charge in [0, 0.05) is 44.2 Å². The molecule has 5 rings (SSSR count). The van der Waals surface area contributed by atoms with Gasteiger partial charge in [-0.2, -0.15) is 10.1 Å². The lowest BCUT2D eigenvalue weighted by molar-refractivity contribution is -0.133. The SMILES string of the molecule is CCc1nn(C2CCN(C)CC2)cc1Nc1ncc(C2CC2)c(NCCCN2CCCOCC2=O)n1. The van der Waals surface area contributed by atoms with Crippen LogP contribution >= 0.6 is 0 Å². The maximum atomic E-state index is 12.2. The maximum Gasteiger partial charge on any atom is 0.248 e. The van der Waals surface area contributed by atoms with Crippen molar-refractivity contribution >= 4 is 23.4 Å². The summed E-state index contributed by atoms with van der Waals surface area (Å²) < 4.78 is 7.48. The van der Waals surface area contributed by atoms with E-state index in [0.717, 1.165) is 82.0 Å². The van der Waals surface area contributed by atoms with E-state index in [4.69, 9.17) is 14.8 Å². The minimum atomic E-state index is 0.0900. The Morgan fingerprint density at radius 3 is 2.78 bits per heavy atom. The Hall–Kier alpha value is -2.72. The summed E-state index contributed by atoms with van der Waals surface area (Å²) in [4.78, 5) is 26.0. The van der Waals surface area contributed by atoms with Crippen LogP contribution in [0.2, 0.25) is 0 Å². The second-order valence-corrected chi connectivity index (χ2v) is 10.3. The highest BCUT2D eigenvalue weighted by molar-refractivity contribution is 5.77. The summed E-state index contributed by atoms with van der Waals surface area (Å²) in [5.74, 6) is 2.14. The highest BCUT2D eigenvalue weighted by atomic mass is 16.5. The number of rotatable bonds is 10. The van der Waals surface area contributed by atoms with Crippen molar-refractivity contribution < 1.29 is 9.53 Å². The lowest BCUT2D eigenvalue weighted by atomic mass is 10.1. The van der Waals surface area contributed by atoms with Crippen LogP contribution in [0.15, 0.2) is 12.4 Å². The number of nitrogens with zero attached hydrogens (tertiary/aromatic N) is 6. The number of piperidine rings is 1. The van der Waals surface area contributed by atoms with Crippen LogP contribution in [-0.2, 0) is 16.0 Å². The second-order valence-electron chi connectivity index (χ2n) is 10.3. The van der Waals surface area contributed by atoms with E-state index in [1.807, 2.05) is 11.1 Å². The fourth-order valence-electron chi connectivity index (χ4n) is 5.09. The lowest BCUT2D eigenvalue weighted by Crippen LogP contribution is -2.34. The number of ether oxygens (including phenoxy) is 1. The molecular weight excluding hydrogens is 456 g/mol. The van der Waals surface area contributed by atoms with Crippen molar-refractivity contribution in [1.82, 2.24) is 29.5 Å². The normalized spacial score (nSPS) is 19.9. The third-order valence-corrected chi connectivity index (χ3v) is 7.48. The van der Waals surface area contributed by atoms with Gasteiger partial charge >= 0.3 is 0 Å². The van der Waals surface area contributed by atoms with Crippen molar-refractivity contribution in [3.8, 4) is 0 Å². The Morgan fingerprint density at radius 1 is 1.17 bits per heavy atom. The summed E-state index contributed by atoms with van der Waals surface area (Å²) in [6.07, 6.45) is 11.3. The number of aryl methyl sites for hydroxylation is 1. The topological polar surface area (TPSA) is 100 Å². The molecule has 0 bridgehead atoms. The number of carbonyl (C=O) groups is 1. The molecule has 36 heavy (non-hydrogen) atoms. The molecule has 0 aromatic carbocycles. The first-order valence-corrected chi connectivity index (χ1v) is 13.6. The van der Waals surface area contributed by atoms with Crippen LogP contribution in [0.3, 0.4) is 0 Å². The van der Waals surface area contributed by atoms with Gasteiger partial charge in [0.2, 0.25) is 11.9 Å². The second kappa shape index (κ2) is 11.6. The third kappa shape index (κ3) is 6.15. The largest absolute Gasteiger partial charge is 0.372 e. The minimum Gasteiger partial charge on any atom is -0.372 e. The molecule has 3 aliphatic rings. The lowest BCUT2D eigenvalue weighted by Gasteiger charge is -2.28. The summed E-state index contributed by atoms with van der Waals surface area (Å²) >= 11 is 0. The molecule has 3 fully saturated rings. The van der Waals surface area contributed by atoms with Gasteiger partial charge in [-0.3, -0.25) is 9.48 Å². The van der Waals surface area contributed by atoms with Gasteiger partial charge in [0.15, 0.2) is 0 Å². The zero-order valence-electron chi connectivity index (χ0n) is 21.7. The molecular formula is C26H40N8O2. The summed E-state index contributed by atoms with van der Waals surface area (Å²) in [5, 5.41) is 11.9. The molecule has 2 aromatic heterocycles. The van der Waals surface area contributed by atoms with Gasteiger partial charge in [-0.05, 0) is 71.0 Å². The number of hydrogen-bond donors (Lipinski definition) is 2. The van der Waals surface area contributed by atoms with Gasteiger partial charge in [0.25, 0.3) is 0 Å². The summed E-state index contributed by atoms with van der Waals surface area (Å²) in [6, 6.07) is 0.445. The van der Waals surface area contributed by atoms with E-state index in [2.05, 4.69) is 45.4 Å². The fraction of sp³-hybridized carbons (Fsp3) is 0.692. The molecule has 1 saturated carbocycles. The van der Waals surface area contributed by atoms with Crippen molar-refractivity contribution in [3.63, 3.8) is 0 Å². The van der Waals surface area contributed by atoms with E-state index in [9.17, 15) is 4.79 Å². The molecule has 2 N–H and O–H groups in total. The monoisotopic (exact) mass is 496 g/mol. The summed E-state index contributed by atoms with van der Waals surface area (Å²) in [5.41, 5.74) is 3.23. The van der Waals surface area contributed by atoms with Gasteiger partial charge in [-0.25, -0.2) is 4.98 Å². The van der Waals surface area contributed by atoms with Crippen LogP contribution in [0.4, 0.5) is 17.5 Å². The molecule has 196 valence electrons. The van der Waals surface area contributed by atoms with Crippen LogP contribution < -0.4 is 10.6 Å². The van der Waals surface area contributed by atoms with E-state index >= 15 is 0 Å². The van der Waals surface area contributed by atoms with Crippen LogP contribution in [0.5, 0.6) is 0 Å². The molecule has 10 nitrogen and oxygen atoms in total. The predicted octanol–water partition coefficient (Wildman–Crippen LogP) is 3.17. The van der Waals surface area contributed by atoms with Gasteiger partial charge in [0.1, 0.15) is 12.4 Å². The minimum absolute atomic E-state index is 0.0900. The Morgan fingerprint density at radius 2 is 2.00 bits per heavy atom. The predicted molar refractivity (Wildman–Crippen MR) is 140 cm³/mol. The number of aromatic nitrogens is 4. The third-order valence-electron chi connectivity index (χ3n) is 7.48. The van der Waals surface area contributed by atoms with E-state index in [1.54, 1.807) is 0 Å². The summed E-state index contributed by atoms with van der Waals surface area (Å²) in [6.45, 7) is 7.49. The first-order valence-electron chi connectivity index (χ1n) is 13.6. The number of carbonyl (C=O) groups excluding carboxylic acids is 1. The Bertz CT molecular complexity index is 1030. The Labute approximate surface area is 213 Å². The zero-order valence-corrected chi connectivity index (χ0v) is 21.7. The van der Waals surface area contributed by atoms with Crippen LogP contribution in [-0.4, -0.2) is 88.4 Å². The number of amides is 1. The van der Waals surface area contributed by atoms with Crippen molar-refractivity contribution in [1.29, 1.82) is 0 Å². The standard InChI is InChI=1S/C26H40N8O2/c1-3-22-23(17-34(31-22)20-8-13-32(2)14-9-20)29-26-28-16-21(19-6-7-19)25(30-26)27-10-4-11-33-12-5-15-36-18-24(33)35/h16-17,19-20H,3-15,18H2,1-2H3,(H2,27,28,29,30). The van der Waals surface area contributed by atoms with E-state index < -0.39 is 0 Å². The zero-order chi connectivity index (χ0) is 24.9. The Kier molecular flexibility index (Phi) is 8.01. The van der Waals surface area contributed by atoms with Crippen molar-refractivity contribution in [3.05, 3.63) is 23.7 Å². The maximum absolute atomic E-state index is 12.2. The molecule has 0 atom stereocenters. The van der Waals surface area contributed by atoms with Crippen molar-refractivity contribution in [2.75, 3.05) is 63.6 Å². The van der Waals surface area contributed by atoms with Crippen LogP contribution in [0.1, 0.15) is 68.7 Å². The van der Waals surface area contributed by atoms with Crippen LogP contribution in [0, 0.1) is 0 Å². The molecule has 10 heteroatoms. The first-order chi connectivity index (χ1) is 17.6. The average Bonchev–Trinajstić information content (AvgIpc) is 3.68. The van der Waals surface area contributed by atoms with Crippen LogP contribution in [0.25, 0.3) is 0 Å². The quantitative estimate of drug-likeness (QED) is 0.484. The van der Waals surface area contributed by atoms with Crippen molar-refractivity contribution in [2.24, 2.45) is 0 Å². The van der Waals surface area contributed by atoms with Gasteiger partial charge in [0.05, 0.1) is 17.4 Å². The molecule has 2 saturated heterocycles. The highest BCUT2D eigenvalue weighted by Gasteiger charge is 2.28. The average molecular weight is 497 g/mol. The van der Waals surface area contributed by atoms with Gasteiger partial charge in [-0.1, -0.05) is 6.92 Å². The van der Waals surface area contributed by atoms with Gasteiger partial charge < -0.3 is 25.2 Å². The summed E-state index contributed by atoms with van der Waals surface area (Å²) in [7, 11) is 2.18. The molecule has 0 unspecified atom stereocenters. The fourth-order valence-corrected chi connectivity index (χ4v) is 5.09.